The molecule has 0 bridgehead atoms. The molecule has 3 aromatic rings. The average Bonchev–Trinajstić information content (AvgIpc) is 3.26. The summed E-state index contributed by atoms with van der Waals surface area (Å²) in [4.78, 5) is 0. The molecular weight excluding hydrogens is 297 g/mol. The molecule has 2 aliphatic heterocycles. The molecule has 0 radical (unpaired) electrons. The molecule has 23 heavy (non-hydrogen) atoms. The van der Waals surface area contributed by atoms with E-state index >= 15 is 0 Å². The molecule has 2 aliphatic rings. The van der Waals surface area contributed by atoms with E-state index in [1.165, 1.54) is 12.4 Å². The topological polar surface area (TPSA) is 21.1 Å². The monoisotopic (exact) mass is 308 g/mol. The molecule has 112 valence electrons. The number of allylic oxidation sites excluding steroid dienone is 2. The van der Waals surface area contributed by atoms with Crippen LogP contribution in [0.3, 0.4) is 0 Å². The highest BCUT2D eigenvalue weighted by atomic mass is 19.2. The minimum Gasteiger partial charge on any atom is -0.456 e. The quantitative estimate of drug-likeness (QED) is 0.625. The third-order valence-corrected chi connectivity index (χ3v) is 4.41. The van der Waals surface area contributed by atoms with Gasteiger partial charge in [0.05, 0.1) is 0 Å². The van der Waals surface area contributed by atoms with Gasteiger partial charge in [0, 0.05) is 23.2 Å². The maximum atomic E-state index is 14.7. The zero-order valence-corrected chi connectivity index (χ0v) is 12.0. The van der Waals surface area contributed by atoms with Crippen molar-refractivity contribution >= 4 is 29.7 Å². The molecule has 0 amide bonds. The lowest BCUT2D eigenvalue weighted by Crippen LogP contribution is -2.49. The summed E-state index contributed by atoms with van der Waals surface area (Å²) in [5, 5.41) is 0.953. The predicted octanol–water partition coefficient (Wildman–Crippen LogP) is 3.88. The number of fused-ring (bicyclic) bond motifs is 3. The van der Waals surface area contributed by atoms with Crippen molar-refractivity contribution in [1.29, 1.82) is 0 Å². The van der Waals surface area contributed by atoms with E-state index in [2.05, 4.69) is 0 Å². The third-order valence-electron chi connectivity index (χ3n) is 4.41. The van der Waals surface area contributed by atoms with Gasteiger partial charge in [-0.3, -0.25) is 0 Å². The first-order valence-electron chi connectivity index (χ1n) is 7.39. The molecule has 6 heteroatoms. The second kappa shape index (κ2) is 4.10. The molecule has 3 nitrogen and oxygen atoms in total. The molecule has 0 atom stereocenters. The largest absolute Gasteiger partial charge is 0.737 e. The van der Waals surface area contributed by atoms with Gasteiger partial charge in [-0.15, -0.1) is 0 Å². The number of furan rings is 1. The van der Waals surface area contributed by atoms with E-state index in [1.54, 1.807) is 24.3 Å². The van der Waals surface area contributed by atoms with Crippen molar-refractivity contribution in [1.82, 2.24) is 4.48 Å². The predicted molar refractivity (Wildman–Crippen MR) is 85.5 cm³/mol. The second-order valence-electron chi connectivity index (χ2n) is 5.71. The van der Waals surface area contributed by atoms with E-state index in [-0.39, 0.29) is 0 Å². The fourth-order valence-electron chi connectivity index (χ4n) is 3.38. The first-order valence-corrected chi connectivity index (χ1v) is 7.39. The Kier molecular flexibility index (Phi) is 2.25. The fraction of sp³-hybridized carbons (Fsp3) is 0. The first-order chi connectivity index (χ1) is 11.2. The number of rotatable bonds is 1. The lowest BCUT2D eigenvalue weighted by molar-refractivity contribution is -0.356. The van der Waals surface area contributed by atoms with Gasteiger partial charge in [-0.1, -0.05) is 18.2 Å². The number of para-hydroxylation sites is 1. The number of aromatic nitrogens is 1. The molecule has 0 fully saturated rings. The summed E-state index contributed by atoms with van der Waals surface area (Å²) in [6.07, 6.45) is 6.18. The zero-order valence-electron chi connectivity index (χ0n) is 12.0. The van der Waals surface area contributed by atoms with Crippen molar-refractivity contribution in [2.45, 2.75) is 0 Å². The Balaban J connectivity index is 1.85. The molecule has 2 aromatic heterocycles. The van der Waals surface area contributed by atoms with Crippen LogP contribution in [-0.4, -0.2) is 22.1 Å². The summed E-state index contributed by atoms with van der Waals surface area (Å²) in [5.41, 5.74) is 2.37. The Morgan fingerprint density at radius 2 is 1.96 bits per heavy atom. The Bertz CT molecular complexity index is 1020. The molecule has 4 heterocycles. The van der Waals surface area contributed by atoms with Gasteiger partial charge in [-0.25, -0.2) is 0 Å². The summed E-state index contributed by atoms with van der Waals surface area (Å²) in [5.74, 6) is 0.595. The van der Waals surface area contributed by atoms with E-state index < -0.39 is 6.97 Å². The molecule has 0 spiro atoms. The van der Waals surface area contributed by atoms with Gasteiger partial charge in [0.1, 0.15) is 23.1 Å². The van der Waals surface area contributed by atoms with Crippen LogP contribution in [0.1, 0.15) is 11.5 Å². The fourth-order valence-corrected chi connectivity index (χ4v) is 3.38. The van der Waals surface area contributed by atoms with Gasteiger partial charge in [-0.2, -0.15) is 0 Å². The highest BCUT2D eigenvalue weighted by Crippen LogP contribution is 2.39. The Morgan fingerprint density at radius 1 is 1.09 bits per heavy atom. The number of hydrogen-bond acceptors (Lipinski definition) is 1. The molecule has 0 N–H and O–H groups in total. The second-order valence-corrected chi connectivity index (χ2v) is 5.71. The lowest BCUT2D eigenvalue weighted by atomic mass is 9.88. The van der Waals surface area contributed by atoms with Crippen LogP contribution in [0.5, 0.6) is 0 Å². The van der Waals surface area contributed by atoms with Crippen molar-refractivity contribution in [2.24, 2.45) is 0 Å². The highest BCUT2D eigenvalue weighted by molar-refractivity contribution is 6.57. The van der Waals surface area contributed by atoms with Crippen LogP contribution in [-0.2, 0) is 0 Å². The summed E-state index contributed by atoms with van der Waals surface area (Å²) in [6.45, 7) is -3.87. The van der Waals surface area contributed by atoms with E-state index in [9.17, 15) is 8.63 Å². The number of benzene rings is 1. The van der Waals surface area contributed by atoms with Crippen LogP contribution in [0.4, 0.5) is 8.63 Å². The lowest BCUT2D eigenvalue weighted by Gasteiger charge is -2.30. The summed E-state index contributed by atoms with van der Waals surface area (Å²) >= 11 is 0. The number of nitrogens with zero attached hydrogens (tertiary/aromatic N) is 2. The molecule has 0 saturated heterocycles. The van der Waals surface area contributed by atoms with Gasteiger partial charge in [-0.05, 0) is 30.5 Å². The van der Waals surface area contributed by atoms with Gasteiger partial charge < -0.3 is 22.0 Å². The standard InChI is InChI=1S/C17H11BF2N2O/c19-18(20)21-9-3-6-13(21)17(14-7-4-10-22(14)18)16-11-12-5-1-2-8-15(12)23-16/h1-11H. The smallest absolute Gasteiger partial charge is 0.456 e. The molecular formula is C17H11BF2N2O. The first kappa shape index (κ1) is 12.6. The van der Waals surface area contributed by atoms with Gasteiger partial charge >= 0.3 is 6.97 Å². The highest BCUT2D eigenvalue weighted by Gasteiger charge is 2.51. The van der Waals surface area contributed by atoms with Crippen molar-refractivity contribution in [3.63, 3.8) is 0 Å². The van der Waals surface area contributed by atoms with Crippen LogP contribution in [0, 0.1) is 0 Å². The van der Waals surface area contributed by atoms with Gasteiger partial charge in [0.25, 0.3) is 0 Å². The van der Waals surface area contributed by atoms with Crippen LogP contribution in [0.2, 0.25) is 0 Å². The van der Waals surface area contributed by atoms with Crippen LogP contribution >= 0.6 is 0 Å². The molecule has 0 unspecified atom stereocenters. The van der Waals surface area contributed by atoms with Crippen LogP contribution < -0.4 is 0 Å². The summed E-state index contributed by atoms with van der Waals surface area (Å²) in [7, 11) is 0. The molecule has 0 aliphatic carbocycles. The molecule has 1 aromatic carbocycles. The average molecular weight is 308 g/mol. The van der Waals surface area contributed by atoms with E-state index in [1.807, 2.05) is 30.3 Å². The minimum absolute atomic E-state index is 0.472. The number of hydrogen-bond donors (Lipinski definition) is 0. The SMILES string of the molecule is F[B-]1(F)n2cccc2C(c2cc3ccccc3o2)=C2C=CC=[N+]21. The van der Waals surface area contributed by atoms with E-state index in [0.29, 0.717) is 22.7 Å². The van der Waals surface area contributed by atoms with E-state index in [4.69, 9.17) is 4.42 Å². The third kappa shape index (κ3) is 1.55. The maximum absolute atomic E-state index is 14.7. The summed E-state index contributed by atoms with van der Waals surface area (Å²) in [6, 6.07) is 12.9. The van der Waals surface area contributed by atoms with Crippen molar-refractivity contribution in [3.05, 3.63) is 78.0 Å². The van der Waals surface area contributed by atoms with Gasteiger partial charge in [0.15, 0.2) is 5.70 Å². The zero-order chi connectivity index (χ0) is 15.6. The Hall–Kier alpha value is -2.89. The van der Waals surface area contributed by atoms with Crippen LogP contribution in [0.25, 0.3) is 16.5 Å². The van der Waals surface area contributed by atoms with Crippen molar-refractivity contribution in [3.8, 4) is 0 Å². The minimum atomic E-state index is -3.87. The van der Waals surface area contributed by atoms with Crippen LogP contribution in [0.15, 0.2) is 70.9 Å². The van der Waals surface area contributed by atoms with Crippen molar-refractivity contribution < 1.29 is 17.5 Å². The van der Waals surface area contributed by atoms with Gasteiger partial charge in [0.2, 0.25) is 0 Å². The Labute approximate surface area is 130 Å². The Morgan fingerprint density at radius 3 is 2.83 bits per heavy atom. The molecule has 5 rings (SSSR count). The van der Waals surface area contributed by atoms with E-state index in [0.717, 1.165) is 19.9 Å². The normalized spacial score (nSPS) is 18.3. The maximum Gasteiger partial charge on any atom is 0.737 e. The van der Waals surface area contributed by atoms with Crippen molar-refractivity contribution in [2.75, 3.05) is 0 Å². The molecule has 0 saturated carbocycles. The summed E-state index contributed by atoms with van der Waals surface area (Å²) < 4.78 is 37.4. The number of halogens is 2.